The van der Waals surface area contributed by atoms with Crippen LogP contribution < -0.4 is 15.9 Å². The zero-order valence-corrected chi connectivity index (χ0v) is 12.1. The van der Waals surface area contributed by atoms with Gasteiger partial charge in [-0.15, -0.1) is 0 Å². The summed E-state index contributed by atoms with van der Waals surface area (Å²) in [5, 5.41) is 9.83. The zero-order chi connectivity index (χ0) is 14.7. The molecule has 2 N–H and O–H groups in total. The number of H-pyrrole nitrogens is 1. The third-order valence-electron chi connectivity index (χ3n) is 3.62. The van der Waals surface area contributed by atoms with Crippen molar-refractivity contribution in [1.82, 2.24) is 24.9 Å². The summed E-state index contributed by atoms with van der Waals surface area (Å²) in [6, 6.07) is 2.07. The minimum Gasteiger partial charge on any atom is -0.377 e. The van der Waals surface area contributed by atoms with E-state index in [0.717, 1.165) is 31.9 Å². The van der Waals surface area contributed by atoms with Crippen LogP contribution in [0.5, 0.6) is 0 Å². The van der Waals surface area contributed by atoms with Gasteiger partial charge in [0.05, 0.1) is 19.3 Å². The SMILES string of the molecule is CCCNCC1COCCN1c1cc2n[nH]c(=O)n2cn1. The highest BCUT2D eigenvalue weighted by molar-refractivity contribution is 5.51. The number of hydrogen-bond acceptors (Lipinski definition) is 6. The first-order valence-electron chi connectivity index (χ1n) is 7.27. The van der Waals surface area contributed by atoms with Crippen LogP contribution in [-0.4, -0.2) is 58.5 Å². The first-order chi connectivity index (χ1) is 10.3. The summed E-state index contributed by atoms with van der Waals surface area (Å²) in [6.07, 6.45) is 2.62. The van der Waals surface area contributed by atoms with Gasteiger partial charge in [0.2, 0.25) is 0 Å². The van der Waals surface area contributed by atoms with E-state index in [1.54, 1.807) is 0 Å². The van der Waals surface area contributed by atoms with Crippen LogP contribution >= 0.6 is 0 Å². The predicted molar refractivity (Wildman–Crippen MR) is 78.7 cm³/mol. The largest absolute Gasteiger partial charge is 0.377 e. The Morgan fingerprint density at radius 2 is 2.48 bits per heavy atom. The third-order valence-corrected chi connectivity index (χ3v) is 3.62. The number of fused-ring (bicyclic) bond motifs is 1. The Hall–Kier alpha value is -1.93. The summed E-state index contributed by atoms with van der Waals surface area (Å²) < 4.78 is 6.97. The first kappa shape index (κ1) is 14.0. The molecule has 8 heteroatoms. The number of nitrogens with one attached hydrogen (secondary N) is 2. The second-order valence-electron chi connectivity index (χ2n) is 5.13. The van der Waals surface area contributed by atoms with E-state index in [9.17, 15) is 4.79 Å². The molecule has 1 atom stereocenters. The summed E-state index contributed by atoms with van der Waals surface area (Å²) in [7, 11) is 0. The fraction of sp³-hybridized carbons (Fsp3) is 0.615. The van der Waals surface area contributed by atoms with Gasteiger partial charge in [0.25, 0.3) is 0 Å². The molecule has 0 spiro atoms. The van der Waals surface area contributed by atoms with Gasteiger partial charge in [0.15, 0.2) is 5.65 Å². The third kappa shape index (κ3) is 2.91. The Kier molecular flexibility index (Phi) is 4.16. The molecule has 0 saturated carbocycles. The van der Waals surface area contributed by atoms with Gasteiger partial charge >= 0.3 is 5.69 Å². The molecule has 8 nitrogen and oxygen atoms in total. The number of rotatable bonds is 5. The quantitative estimate of drug-likeness (QED) is 0.731. The Morgan fingerprint density at radius 3 is 3.33 bits per heavy atom. The van der Waals surface area contributed by atoms with Crippen molar-refractivity contribution >= 4 is 11.5 Å². The highest BCUT2D eigenvalue weighted by Gasteiger charge is 2.24. The normalized spacial score (nSPS) is 19.3. The Morgan fingerprint density at radius 1 is 1.57 bits per heavy atom. The topological polar surface area (TPSA) is 87.5 Å². The van der Waals surface area contributed by atoms with Gasteiger partial charge in [0.1, 0.15) is 12.1 Å². The minimum atomic E-state index is -0.271. The average molecular weight is 292 g/mol. The molecule has 1 fully saturated rings. The number of ether oxygens (including phenoxy) is 1. The highest BCUT2D eigenvalue weighted by atomic mass is 16.5. The first-order valence-corrected chi connectivity index (χ1v) is 7.27. The Bertz CT molecular complexity index is 651. The molecule has 0 aromatic carbocycles. The average Bonchev–Trinajstić information content (AvgIpc) is 2.89. The van der Waals surface area contributed by atoms with Crippen molar-refractivity contribution in [2.75, 3.05) is 37.7 Å². The van der Waals surface area contributed by atoms with Crippen LogP contribution in [0.3, 0.4) is 0 Å². The van der Waals surface area contributed by atoms with Crippen molar-refractivity contribution in [3.05, 3.63) is 22.9 Å². The van der Waals surface area contributed by atoms with E-state index in [4.69, 9.17) is 4.74 Å². The summed E-state index contributed by atoms with van der Waals surface area (Å²) in [6.45, 7) is 6.14. The fourth-order valence-corrected chi connectivity index (χ4v) is 2.53. The summed E-state index contributed by atoms with van der Waals surface area (Å²) in [5.74, 6) is 0.827. The Labute approximate surface area is 122 Å². The van der Waals surface area contributed by atoms with E-state index in [2.05, 4.69) is 32.3 Å². The monoisotopic (exact) mass is 292 g/mol. The van der Waals surface area contributed by atoms with Crippen molar-refractivity contribution in [3.8, 4) is 0 Å². The van der Waals surface area contributed by atoms with Crippen LogP contribution in [0.2, 0.25) is 0 Å². The second-order valence-corrected chi connectivity index (χ2v) is 5.13. The molecule has 0 radical (unpaired) electrons. The van der Waals surface area contributed by atoms with E-state index in [1.165, 1.54) is 10.7 Å². The van der Waals surface area contributed by atoms with E-state index in [1.807, 2.05) is 6.07 Å². The number of aromatic amines is 1. The predicted octanol–water partition coefficient (Wildman–Crippen LogP) is -0.378. The van der Waals surface area contributed by atoms with Gasteiger partial charge in [-0.1, -0.05) is 6.92 Å². The van der Waals surface area contributed by atoms with E-state index in [0.29, 0.717) is 18.9 Å². The van der Waals surface area contributed by atoms with Crippen LogP contribution in [0.15, 0.2) is 17.2 Å². The van der Waals surface area contributed by atoms with E-state index >= 15 is 0 Å². The van der Waals surface area contributed by atoms with Crippen LogP contribution in [-0.2, 0) is 4.74 Å². The van der Waals surface area contributed by atoms with Crippen LogP contribution in [0, 0.1) is 0 Å². The molecule has 1 saturated heterocycles. The molecule has 0 amide bonds. The number of nitrogens with zero attached hydrogens (tertiary/aromatic N) is 4. The van der Waals surface area contributed by atoms with Gasteiger partial charge in [-0.25, -0.2) is 19.3 Å². The number of anilines is 1. The molecule has 2 aromatic rings. The van der Waals surface area contributed by atoms with Gasteiger partial charge in [-0.2, -0.15) is 5.10 Å². The molecule has 2 aromatic heterocycles. The lowest BCUT2D eigenvalue weighted by molar-refractivity contribution is 0.0934. The van der Waals surface area contributed by atoms with Crippen molar-refractivity contribution in [2.45, 2.75) is 19.4 Å². The van der Waals surface area contributed by atoms with Crippen molar-refractivity contribution < 1.29 is 4.74 Å². The minimum absolute atomic E-state index is 0.242. The highest BCUT2D eigenvalue weighted by Crippen LogP contribution is 2.17. The molecule has 3 heterocycles. The molecular formula is C13H20N6O2. The summed E-state index contributed by atoms with van der Waals surface area (Å²) in [5.41, 5.74) is 0.309. The molecule has 1 aliphatic rings. The standard InChI is InChI=1S/C13H20N6O2/c1-2-3-14-7-10-8-21-5-4-18(10)11-6-12-16-17-13(20)19(12)9-15-11/h6,9-10,14H,2-5,7-8H2,1H3,(H,17,20). The molecule has 0 aliphatic carbocycles. The van der Waals surface area contributed by atoms with Gasteiger partial charge in [-0.3, -0.25) is 0 Å². The summed E-state index contributed by atoms with van der Waals surface area (Å²) in [4.78, 5) is 18.1. The maximum atomic E-state index is 11.5. The van der Waals surface area contributed by atoms with E-state index < -0.39 is 0 Å². The fourth-order valence-electron chi connectivity index (χ4n) is 2.53. The van der Waals surface area contributed by atoms with Crippen LogP contribution in [0.4, 0.5) is 5.82 Å². The van der Waals surface area contributed by atoms with Crippen molar-refractivity contribution in [3.63, 3.8) is 0 Å². The maximum absolute atomic E-state index is 11.5. The molecule has 0 bridgehead atoms. The molecular weight excluding hydrogens is 272 g/mol. The van der Waals surface area contributed by atoms with Gasteiger partial charge in [0, 0.05) is 19.2 Å². The number of morpholine rings is 1. The lowest BCUT2D eigenvalue weighted by Crippen LogP contribution is -2.51. The molecule has 1 aliphatic heterocycles. The number of aromatic nitrogens is 4. The molecule has 3 rings (SSSR count). The van der Waals surface area contributed by atoms with Crippen LogP contribution in [0.1, 0.15) is 13.3 Å². The number of hydrogen-bond donors (Lipinski definition) is 2. The summed E-state index contributed by atoms with van der Waals surface area (Å²) >= 11 is 0. The van der Waals surface area contributed by atoms with E-state index in [-0.39, 0.29) is 11.7 Å². The van der Waals surface area contributed by atoms with Gasteiger partial charge < -0.3 is 15.0 Å². The lowest BCUT2D eigenvalue weighted by atomic mass is 10.2. The lowest BCUT2D eigenvalue weighted by Gasteiger charge is -2.36. The Balaban J connectivity index is 1.81. The zero-order valence-electron chi connectivity index (χ0n) is 12.1. The van der Waals surface area contributed by atoms with Crippen molar-refractivity contribution in [1.29, 1.82) is 0 Å². The van der Waals surface area contributed by atoms with Crippen LogP contribution in [0.25, 0.3) is 5.65 Å². The molecule has 114 valence electrons. The van der Waals surface area contributed by atoms with Crippen molar-refractivity contribution in [2.24, 2.45) is 0 Å². The smallest absolute Gasteiger partial charge is 0.348 e. The molecule has 1 unspecified atom stereocenters. The second kappa shape index (κ2) is 6.23. The maximum Gasteiger partial charge on any atom is 0.348 e. The molecule has 21 heavy (non-hydrogen) atoms. The van der Waals surface area contributed by atoms with Gasteiger partial charge in [-0.05, 0) is 13.0 Å².